The Morgan fingerprint density at radius 2 is 2.06 bits per heavy atom. The Morgan fingerprint density at radius 1 is 1.44 bits per heavy atom. The van der Waals surface area contributed by atoms with Crippen molar-refractivity contribution in [3.8, 4) is 6.07 Å². The third-order valence-corrected chi connectivity index (χ3v) is 4.04. The summed E-state index contributed by atoms with van der Waals surface area (Å²) in [6, 6.07) is 2.34. The van der Waals surface area contributed by atoms with Crippen LogP contribution in [0.25, 0.3) is 0 Å². The van der Waals surface area contributed by atoms with Crippen LogP contribution < -0.4 is 0 Å². The summed E-state index contributed by atoms with van der Waals surface area (Å²) in [4.78, 5) is 14.3. The van der Waals surface area contributed by atoms with Gasteiger partial charge in [-0.25, -0.2) is 0 Å². The van der Waals surface area contributed by atoms with Crippen LogP contribution in [0.3, 0.4) is 0 Å². The lowest BCUT2D eigenvalue weighted by Crippen LogP contribution is -2.49. The van der Waals surface area contributed by atoms with Gasteiger partial charge >= 0.3 is 0 Å². The van der Waals surface area contributed by atoms with E-state index < -0.39 is 5.41 Å². The van der Waals surface area contributed by atoms with Gasteiger partial charge in [-0.1, -0.05) is 26.2 Å². The Balaban J connectivity index is 2.83. The number of hydrogen-bond donors (Lipinski definition) is 1. The molecule has 1 aliphatic carbocycles. The van der Waals surface area contributed by atoms with Gasteiger partial charge in [0.05, 0.1) is 12.7 Å². The zero-order chi connectivity index (χ0) is 13.6. The maximum absolute atomic E-state index is 12.5. The molecule has 1 N–H and O–H groups in total. The monoisotopic (exact) mass is 252 g/mol. The van der Waals surface area contributed by atoms with E-state index in [2.05, 4.69) is 6.07 Å². The Bertz CT molecular complexity index is 318. The molecule has 0 aromatic carbocycles. The van der Waals surface area contributed by atoms with Crippen LogP contribution in [0.15, 0.2) is 0 Å². The first kappa shape index (κ1) is 15.0. The van der Waals surface area contributed by atoms with Crippen molar-refractivity contribution in [3.63, 3.8) is 0 Å². The first-order valence-electron chi connectivity index (χ1n) is 6.92. The second-order valence-corrected chi connectivity index (χ2v) is 5.31. The fourth-order valence-corrected chi connectivity index (χ4v) is 2.55. The molecule has 0 spiro atoms. The van der Waals surface area contributed by atoms with Crippen molar-refractivity contribution in [2.45, 2.75) is 58.4 Å². The number of aliphatic hydroxyl groups excluding tert-OH is 1. The van der Waals surface area contributed by atoms with Gasteiger partial charge in [-0.15, -0.1) is 0 Å². The van der Waals surface area contributed by atoms with Crippen LogP contribution in [0, 0.1) is 16.7 Å². The van der Waals surface area contributed by atoms with Crippen LogP contribution in [0.5, 0.6) is 0 Å². The molecule has 4 nitrogen and oxygen atoms in total. The number of amides is 1. The molecule has 1 unspecified atom stereocenters. The minimum Gasteiger partial charge on any atom is -0.395 e. The van der Waals surface area contributed by atoms with Crippen LogP contribution in [0.1, 0.15) is 52.4 Å². The molecule has 0 radical (unpaired) electrons. The summed E-state index contributed by atoms with van der Waals surface area (Å²) < 4.78 is 0. The van der Waals surface area contributed by atoms with E-state index in [-0.39, 0.29) is 18.6 Å². The summed E-state index contributed by atoms with van der Waals surface area (Å²) in [6.45, 7) is 3.87. The van der Waals surface area contributed by atoms with Gasteiger partial charge in [0, 0.05) is 12.6 Å². The lowest BCUT2D eigenvalue weighted by Gasteiger charge is -2.37. The topological polar surface area (TPSA) is 64.3 Å². The number of rotatable bonds is 5. The summed E-state index contributed by atoms with van der Waals surface area (Å²) in [5.41, 5.74) is -0.952. The number of carbonyl (C=O) groups excluding carboxylic acids is 1. The molecule has 0 aliphatic heterocycles. The van der Waals surface area contributed by atoms with Crippen LogP contribution in [-0.4, -0.2) is 35.1 Å². The minimum atomic E-state index is -0.952. The average Bonchev–Trinajstić information content (AvgIpc) is 2.44. The molecule has 1 aliphatic rings. The molecule has 4 heteroatoms. The second kappa shape index (κ2) is 6.75. The molecule has 102 valence electrons. The van der Waals surface area contributed by atoms with Crippen molar-refractivity contribution in [1.82, 2.24) is 4.90 Å². The molecular formula is C14H24N2O2. The van der Waals surface area contributed by atoms with E-state index in [1.807, 2.05) is 6.92 Å². The maximum atomic E-state index is 12.5. The number of hydrogen-bond acceptors (Lipinski definition) is 3. The molecule has 0 heterocycles. The summed E-state index contributed by atoms with van der Waals surface area (Å²) in [5, 5.41) is 18.4. The third kappa shape index (κ3) is 3.23. The zero-order valence-corrected chi connectivity index (χ0v) is 11.5. The van der Waals surface area contributed by atoms with E-state index >= 15 is 0 Å². The highest BCUT2D eigenvalue weighted by molar-refractivity contribution is 5.85. The third-order valence-electron chi connectivity index (χ3n) is 4.04. The highest BCUT2D eigenvalue weighted by atomic mass is 16.3. The van der Waals surface area contributed by atoms with E-state index in [1.165, 1.54) is 6.42 Å². The first-order valence-corrected chi connectivity index (χ1v) is 6.92. The van der Waals surface area contributed by atoms with E-state index in [0.717, 1.165) is 25.7 Å². The summed E-state index contributed by atoms with van der Waals surface area (Å²) >= 11 is 0. The quantitative estimate of drug-likeness (QED) is 0.814. The number of nitriles is 1. The molecular weight excluding hydrogens is 228 g/mol. The van der Waals surface area contributed by atoms with Gasteiger partial charge in [0.15, 0.2) is 0 Å². The maximum Gasteiger partial charge on any atom is 0.243 e. The van der Waals surface area contributed by atoms with Crippen LogP contribution in [0.4, 0.5) is 0 Å². The Morgan fingerprint density at radius 3 is 2.50 bits per heavy atom. The van der Waals surface area contributed by atoms with Crippen molar-refractivity contribution < 1.29 is 9.90 Å². The molecule has 0 saturated heterocycles. The van der Waals surface area contributed by atoms with E-state index in [4.69, 9.17) is 5.11 Å². The SMILES string of the molecule is CCC(C)(C#N)C(=O)N(CCO)C1CCCCC1. The lowest BCUT2D eigenvalue weighted by atomic mass is 9.85. The van der Waals surface area contributed by atoms with Crippen molar-refractivity contribution in [3.05, 3.63) is 0 Å². The highest BCUT2D eigenvalue weighted by Crippen LogP contribution is 2.29. The summed E-state index contributed by atoms with van der Waals surface area (Å²) in [5.74, 6) is -0.117. The molecule has 0 bridgehead atoms. The molecule has 1 rings (SSSR count). The van der Waals surface area contributed by atoms with Gasteiger partial charge in [-0.3, -0.25) is 4.79 Å². The molecule has 1 amide bonds. The van der Waals surface area contributed by atoms with E-state index in [9.17, 15) is 10.1 Å². The number of carbonyl (C=O) groups is 1. The fourth-order valence-electron chi connectivity index (χ4n) is 2.55. The van der Waals surface area contributed by atoms with Gasteiger partial charge in [-0.2, -0.15) is 5.26 Å². The molecule has 18 heavy (non-hydrogen) atoms. The van der Waals surface area contributed by atoms with Gasteiger partial charge in [-0.05, 0) is 26.2 Å². The standard InChI is InChI=1S/C14H24N2O2/c1-3-14(2,11-15)13(18)16(9-10-17)12-7-5-4-6-8-12/h12,17H,3-10H2,1-2H3. The number of aliphatic hydroxyl groups is 1. The molecule has 1 atom stereocenters. The average molecular weight is 252 g/mol. The molecule has 1 fully saturated rings. The second-order valence-electron chi connectivity index (χ2n) is 5.31. The van der Waals surface area contributed by atoms with Crippen LogP contribution in [-0.2, 0) is 4.79 Å². The van der Waals surface area contributed by atoms with Gasteiger partial charge in [0.2, 0.25) is 5.91 Å². The Hall–Kier alpha value is -1.08. The molecule has 1 saturated carbocycles. The fraction of sp³-hybridized carbons (Fsp3) is 0.857. The van der Waals surface area contributed by atoms with Crippen molar-refractivity contribution >= 4 is 5.91 Å². The van der Waals surface area contributed by atoms with Crippen molar-refractivity contribution in [1.29, 1.82) is 5.26 Å². The first-order chi connectivity index (χ1) is 8.59. The normalized spacial score (nSPS) is 19.9. The lowest BCUT2D eigenvalue weighted by molar-refractivity contribution is -0.142. The highest BCUT2D eigenvalue weighted by Gasteiger charge is 2.38. The minimum absolute atomic E-state index is 0.0343. The molecule has 0 aromatic heterocycles. The summed E-state index contributed by atoms with van der Waals surface area (Å²) in [6.07, 6.45) is 6.00. The van der Waals surface area contributed by atoms with Crippen LogP contribution >= 0.6 is 0 Å². The summed E-state index contributed by atoms with van der Waals surface area (Å²) in [7, 11) is 0. The van der Waals surface area contributed by atoms with Crippen molar-refractivity contribution in [2.24, 2.45) is 5.41 Å². The predicted octanol–water partition coefficient (Wildman–Crippen LogP) is 2.08. The Kier molecular flexibility index (Phi) is 5.61. The molecule has 0 aromatic rings. The number of nitrogens with zero attached hydrogens (tertiary/aromatic N) is 2. The van der Waals surface area contributed by atoms with E-state index in [0.29, 0.717) is 13.0 Å². The predicted molar refractivity (Wildman–Crippen MR) is 69.7 cm³/mol. The van der Waals surface area contributed by atoms with Crippen molar-refractivity contribution in [2.75, 3.05) is 13.2 Å². The largest absolute Gasteiger partial charge is 0.395 e. The van der Waals surface area contributed by atoms with Gasteiger partial charge in [0.1, 0.15) is 5.41 Å². The smallest absolute Gasteiger partial charge is 0.243 e. The van der Waals surface area contributed by atoms with Crippen LogP contribution in [0.2, 0.25) is 0 Å². The van der Waals surface area contributed by atoms with Gasteiger partial charge < -0.3 is 10.0 Å². The van der Waals surface area contributed by atoms with E-state index in [1.54, 1.807) is 11.8 Å². The van der Waals surface area contributed by atoms with Gasteiger partial charge in [0.25, 0.3) is 0 Å². The Labute approximate surface area is 110 Å². The zero-order valence-electron chi connectivity index (χ0n) is 11.5.